The second-order valence-corrected chi connectivity index (χ2v) is 3.62. The van der Waals surface area contributed by atoms with E-state index in [1.165, 1.54) is 11.1 Å². The first-order valence-corrected chi connectivity index (χ1v) is 4.78. The summed E-state index contributed by atoms with van der Waals surface area (Å²) in [5.74, 6) is 1.01. The van der Waals surface area contributed by atoms with Crippen LogP contribution in [-0.2, 0) is 4.79 Å². The van der Waals surface area contributed by atoms with Gasteiger partial charge in [-0.15, -0.1) is 0 Å². The van der Waals surface area contributed by atoms with E-state index in [1.54, 1.807) is 6.92 Å². The largest absolute Gasteiger partial charge is 0.493 e. The highest BCUT2D eigenvalue weighted by Crippen LogP contribution is 2.16. The third kappa shape index (κ3) is 3.60. The van der Waals surface area contributed by atoms with Gasteiger partial charge in [-0.05, 0) is 44.0 Å². The number of Topliss-reactive ketones (excluding diaryl/α,β-unsaturated/α-hetero) is 1. The van der Waals surface area contributed by atoms with Gasteiger partial charge in [-0.1, -0.05) is 6.07 Å². The van der Waals surface area contributed by atoms with Crippen LogP contribution in [0.1, 0.15) is 24.5 Å². The van der Waals surface area contributed by atoms with Crippen LogP contribution in [0.4, 0.5) is 0 Å². The standard InChI is InChI=1S/C12H16O2/c1-9-6-10(2)8-12(7-9)14-5-4-11(3)13/h6-8H,4-5H2,1-3H3. The van der Waals surface area contributed by atoms with Gasteiger partial charge in [0.1, 0.15) is 11.5 Å². The van der Waals surface area contributed by atoms with Crippen molar-refractivity contribution in [3.05, 3.63) is 29.3 Å². The third-order valence-electron chi connectivity index (χ3n) is 1.92. The normalized spacial score (nSPS) is 9.93. The fraction of sp³-hybridized carbons (Fsp3) is 0.417. The van der Waals surface area contributed by atoms with E-state index < -0.39 is 0 Å². The first-order valence-electron chi connectivity index (χ1n) is 4.78. The molecule has 0 aliphatic carbocycles. The number of carbonyl (C=O) groups is 1. The van der Waals surface area contributed by atoms with Crippen LogP contribution in [0.5, 0.6) is 5.75 Å². The van der Waals surface area contributed by atoms with Crippen molar-refractivity contribution in [2.45, 2.75) is 27.2 Å². The molecule has 0 saturated heterocycles. The molecule has 0 aromatic heterocycles. The van der Waals surface area contributed by atoms with Gasteiger partial charge in [-0.2, -0.15) is 0 Å². The summed E-state index contributed by atoms with van der Waals surface area (Å²) in [7, 11) is 0. The van der Waals surface area contributed by atoms with Crippen molar-refractivity contribution in [1.82, 2.24) is 0 Å². The molecule has 1 rings (SSSR count). The van der Waals surface area contributed by atoms with Crippen LogP contribution in [-0.4, -0.2) is 12.4 Å². The molecule has 0 spiro atoms. The van der Waals surface area contributed by atoms with Gasteiger partial charge in [0.25, 0.3) is 0 Å². The lowest BCUT2D eigenvalue weighted by atomic mass is 10.1. The molecule has 1 aromatic carbocycles. The number of carbonyl (C=O) groups excluding carboxylic acids is 1. The summed E-state index contributed by atoms with van der Waals surface area (Å²) in [6.07, 6.45) is 0.479. The summed E-state index contributed by atoms with van der Waals surface area (Å²) in [4.78, 5) is 10.7. The van der Waals surface area contributed by atoms with Crippen molar-refractivity contribution in [3.63, 3.8) is 0 Å². The van der Waals surface area contributed by atoms with Crippen LogP contribution in [0.15, 0.2) is 18.2 Å². The van der Waals surface area contributed by atoms with Crippen molar-refractivity contribution in [3.8, 4) is 5.75 Å². The van der Waals surface area contributed by atoms with Gasteiger partial charge < -0.3 is 4.74 Å². The Labute approximate surface area is 84.9 Å². The minimum absolute atomic E-state index is 0.161. The third-order valence-corrected chi connectivity index (χ3v) is 1.92. The van der Waals surface area contributed by atoms with E-state index >= 15 is 0 Å². The Morgan fingerprint density at radius 1 is 1.21 bits per heavy atom. The Bertz CT molecular complexity index is 309. The predicted molar refractivity (Wildman–Crippen MR) is 56.7 cm³/mol. The maximum Gasteiger partial charge on any atom is 0.133 e. The number of hydrogen-bond acceptors (Lipinski definition) is 2. The molecule has 0 aliphatic heterocycles. The van der Waals surface area contributed by atoms with Crippen LogP contribution in [0.3, 0.4) is 0 Å². The molecule has 2 heteroatoms. The monoisotopic (exact) mass is 192 g/mol. The van der Waals surface area contributed by atoms with Gasteiger partial charge in [0.2, 0.25) is 0 Å². The minimum Gasteiger partial charge on any atom is -0.493 e. The van der Waals surface area contributed by atoms with Crippen LogP contribution in [0, 0.1) is 13.8 Å². The molecule has 0 atom stereocenters. The highest BCUT2D eigenvalue weighted by atomic mass is 16.5. The highest BCUT2D eigenvalue weighted by Gasteiger charge is 1.98. The smallest absolute Gasteiger partial charge is 0.133 e. The van der Waals surface area contributed by atoms with E-state index in [0.29, 0.717) is 13.0 Å². The molecule has 76 valence electrons. The van der Waals surface area contributed by atoms with E-state index in [2.05, 4.69) is 6.07 Å². The SMILES string of the molecule is CC(=O)CCOc1cc(C)cc(C)c1. The lowest BCUT2D eigenvalue weighted by Gasteiger charge is -2.06. The van der Waals surface area contributed by atoms with Gasteiger partial charge in [0, 0.05) is 6.42 Å². The van der Waals surface area contributed by atoms with Gasteiger partial charge >= 0.3 is 0 Å². The first kappa shape index (κ1) is 10.8. The molecule has 0 bridgehead atoms. The van der Waals surface area contributed by atoms with Crippen LogP contribution in [0.2, 0.25) is 0 Å². The van der Waals surface area contributed by atoms with Crippen molar-refractivity contribution >= 4 is 5.78 Å². The number of hydrogen-bond donors (Lipinski definition) is 0. The average Bonchev–Trinajstić information content (AvgIpc) is 2.01. The molecule has 0 saturated carbocycles. The van der Waals surface area contributed by atoms with E-state index in [0.717, 1.165) is 5.75 Å². The lowest BCUT2D eigenvalue weighted by Crippen LogP contribution is -2.02. The molecule has 0 unspecified atom stereocenters. The van der Waals surface area contributed by atoms with Gasteiger partial charge in [0.05, 0.1) is 6.61 Å². The van der Waals surface area contributed by atoms with Crippen molar-refractivity contribution < 1.29 is 9.53 Å². The van der Waals surface area contributed by atoms with Crippen LogP contribution < -0.4 is 4.74 Å². The topological polar surface area (TPSA) is 26.3 Å². The summed E-state index contributed by atoms with van der Waals surface area (Å²) in [5.41, 5.74) is 2.37. The zero-order valence-electron chi connectivity index (χ0n) is 8.96. The van der Waals surface area contributed by atoms with E-state index in [9.17, 15) is 4.79 Å². The second kappa shape index (κ2) is 4.80. The predicted octanol–water partition coefficient (Wildman–Crippen LogP) is 2.66. The number of ether oxygens (including phenoxy) is 1. The molecule has 2 nitrogen and oxygen atoms in total. The molecule has 1 aromatic rings. The Hall–Kier alpha value is -1.31. The summed E-state index contributed by atoms with van der Waals surface area (Å²) in [6, 6.07) is 6.05. The Kier molecular flexibility index (Phi) is 3.69. The van der Waals surface area contributed by atoms with Crippen molar-refractivity contribution in [2.24, 2.45) is 0 Å². The molecular weight excluding hydrogens is 176 g/mol. The molecule has 0 heterocycles. The van der Waals surface area contributed by atoms with Crippen LogP contribution >= 0.6 is 0 Å². The van der Waals surface area contributed by atoms with E-state index in [1.807, 2.05) is 26.0 Å². The zero-order chi connectivity index (χ0) is 10.6. The Morgan fingerprint density at radius 3 is 2.29 bits per heavy atom. The quantitative estimate of drug-likeness (QED) is 0.733. The summed E-state index contributed by atoms with van der Waals surface area (Å²) < 4.78 is 5.46. The van der Waals surface area contributed by atoms with Crippen molar-refractivity contribution in [2.75, 3.05) is 6.61 Å². The number of benzene rings is 1. The molecule has 0 amide bonds. The molecular formula is C12H16O2. The molecule has 0 aliphatic rings. The second-order valence-electron chi connectivity index (χ2n) is 3.62. The van der Waals surface area contributed by atoms with Gasteiger partial charge in [0.15, 0.2) is 0 Å². The summed E-state index contributed by atoms with van der Waals surface area (Å²) in [6.45, 7) is 6.11. The van der Waals surface area contributed by atoms with Crippen molar-refractivity contribution in [1.29, 1.82) is 0 Å². The zero-order valence-corrected chi connectivity index (χ0v) is 8.96. The minimum atomic E-state index is 0.161. The average molecular weight is 192 g/mol. The number of aryl methyl sites for hydroxylation is 2. The highest BCUT2D eigenvalue weighted by molar-refractivity contribution is 5.75. The van der Waals surface area contributed by atoms with Gasteiger partial charge in [-0.3, -0.25) is 4.79 Å². The molecule has 0 fully saturated rings. The molecule has 14 heavy (non-hydrogen) atoms. The molecule has 0 radical (unpaired) electrons. The van der Waals surface area contributed by atoms with E-state index in [4.69, 9.17) is 4.74 Å². The fourth-order valence-electron chi connectivity index (χ4n) is 1.33. The number of rotatable bonds is 4. The fourth-order valence-corrected chi connectivity index (χ4v) is 1.33. The first-order chi connectivity index (χ1) is 6.58. The summed E-state index contributed by atoms with van der Waals surface area (Å²) in [5, 5.41) is 0. The summed E-state index contributed by atoms with van der Waals surface area (Å²) >= 11 is 0. The molecule has 0 N–H and O–H groups in total. The van der Waals surface area contributed by atoms with E-state index in [-0.39, 0.29) is 5.78 Å². The Balaban J connectivity index is 2.54. The maximum absolute atomic E-state index is 10.7. The number of ketones is 1. The lowest BCUT2D eigenvalue weighted by molar-refractivity contribution is -0.117. The maximum atomic E-state index is 10.7. The Morgan fingerprint density at radius 2 is 1.79 bits per heavy atom. The van der Waals surface area contributed by atoms with Crippen LogP contribution in [0.25, 0.3) is 0 Å². The van der Waals surface area contributed by atoms with Gasteiger partial charge in [-0.25, -0.2) is 0 Å².